The van der Waals surface area contributed by atoms with E-state index in [-0.39, 0.29) is 133 Å². The molecule has 0 N–H and O–H groups in total. The van der Waals surface area contributed by atoms with Gasteiger partial charge in [-0.05, 0) is 128 Å². The van der Waals surface area contributed by atoms with Gasteiger partial charge in [0, 0.05) is 50.5 Å². The third kappa shape index (κ3) is 16.3. The SMILES string of the molecule is CCCn1c(=O)c2c(nc(-c3cnn(Cc4cccc(C(F)(F)F)c4)c3)n2C(=O)OCCl)n(CC)c1=O.CCCn1c(=O)c2c(nc(-c3cnn(Cc4cccc(C(F)(F)F)c4)c3)n2COC(=O)C2CCN(C)CC2)n(CC)c1=O.CN1CCC(C(=O)[O-])CC1.[Na+]. The first-order valence-corrected chi connectivity index (χ1v) is 29.7. The maximum atomic E-state index is 13.6. The van der Waals surface area contributed by atoms with Crippen molar-refractivity contribution < 1.29 is 84.9 Å². The molecule has 484 valence electrons. The summed E-state index contributed by atoms with van der Waals surface area (Å²) in [6, 6.07) is 9.31. The Morgan fingerprint density at radius 3 is 1.49 bits per heavy atom. The summed E-state index contributed by atoms with van der Waals surface area (Å²) in [7, 11) is 4.00. The van der Waals surface area contributed by atoms with E-state index in [0.29, 0.717) is 42.4 Å². The number of carboxylic acid groups (broad SMARTS) is 1. The number of fused-ring (bicyclic) bond motifs is 2. The van der Waals surface area contributed by atoms with Crippen LogP contribution in [0, 0.1) is 11.8 Å². The number of carbonyl (C=O) groups excluding carboxylic acids is 3. The van der Waals surface area contributed by atoms with Crippen molar-refractivity contribution in [2.45, 2.75) is 125 Å². The summed E-state index contributed by atoms with van der Waals surface area (Å²) in [5.41, 5.74) is -2.31. The van der Waals surface area contributed by atoms with Gasteiger partial charge in [-0.1, -0.05) is 49.7 Å². The van der Waals surface area contributed by atoms with Crippen molar-refractivity contribution in [1.82, 2.24) is 66.7 Å². The van der Waals surface area contributed by atoms with Crippen molar-refractivity contribution in [2.75, 3.05) is 46.3 Å². The molecule has 0 amide bonds. The summed E-state index contributed by atoms with van der Waals surface area (Å²) in [6.07, 6.45) is -0.195. The van der Waals surface area contributed by atoms with Crippen molar-refractivity contribution in [2.24, 2.45) is 11.8 Å². The quantitative estimate of drug-likeness (QED) is 0.0547. The molecule has 0 saturated carbocycles. The summed E-state index contributed by atoms with van der Waals surface area (Å²) in [5, 5.41) is 18.8. The summed E-state index contributed by atoms with van der Waals surface area (Å²) in [5.74, 6) is -1.51. The zero-order valence-electron chi connectivity index (χ0n) is 51.3. The molecule has 6 aromatic heterocycles. The van der Waals surface area contributed by atoms with Crippen LogP contribution < -0.4 is 57.2 Å². The second-order valence-electron chi connectivity index (χ2n) is 21.8. The average molecular weight is 1310 g/mol. The molecular weight excluding hydrogens is 1240 g/mol. The van der Waals surface area contributed by atoms with Crippen LogP contribution in [0.1, 0.15) is 88.5 Å². The zero-order chi connectivity index (χ0) is 65.4. The van der Waals surface area contributed by atoms with E-state index < -0.39 is 64.1 Å². The summed E-state index contributed by atoms with van der Waals surface area (Å²) >= 11 is 5.59. The normalized spacial score (nSPS) is 14.4. The molecule has 2 aromatic carbocycles. The summed E-state index contributed by atoms with van der Waals surface area (Å²) in [4.78, 5) is 103. The van der Waals surface area contributed by atoms with Gasteiger partial charge in [0.05, 0.1) is 53.7 Å². The number of alkyl halides is 7. The number of ether oxygens (including phenoxy) is 2. The molecule has 10 rings (SSSR count). The van der Waals surface area contributed by atoms with Gasteiger partial charge in [0.1, 0.15) is 5.82 Å². The number of halogens is 7. The third-order valence-corrected chi connectivity index (χ3v) is 15.6. The van der Waals surface area contributed by atoms with Gasteiger partial charge in [-0.2, -0.15) is 36.5 Å². The van der Waals surface area contributed by atoms with E-state index in [9.17, 15) is 65.0 Å². The average Bonchev–Trinajstić information content (AvgIpc) is 1.61. The van der Waals surface area contributed by atoms with Crippen LogP contribution in [-0.4, -0.2) is 131 Å². The van der Waals surface area contributed by atoms with E-state index in [2.05, 4.69) is 30.0 Å². The fourth-order valence-corrected chi connectivity index (χ4v) is 10.8. The zero-order valence-corrected chi connectivity index (χ0v) is 54.1. The Balaban J connectivity index is 0.000000224. The number of nitrogens with zero attached hydrogens (tertiary/aromatic N) is 14. The number of aliphatic carboxylic acids is 1. The van der Waals surface area contributed by atoms with Crippen LogP contribution in [0.5, 0.6) is 0 Å². The number of carbonyl (C=O) groups is 3. The van der Waals surface area contributed by atoms with Crippen molar-refractivity contribution in [3.63, 3.8) is 0 Å². The Hall–Kier alpha value is -7.64. The van der Waals surface area contributed by atoms with Crippen LogP contribution in [-0.2, 0) is 77.4 Å². The molecule has 0 aliphatic carbocycles. The second-order valence-corrected chi connectivity index (χ2v) is 22.0. The Bertz CT molecular complexity index is 4130. The van der Waals surface area contributed by atoms with Gasteiger partial charge < -0.3 is 29.2 Å². The minimum absolute atomic E-state index is 0. The van der Waals surface area contributed by atoms with Crippen molar-refractivity contribution in [3.05, 3.63) is 137 Å². The number of esters is 1. The summed E-state index contributed by atoms with van der Waals surface area (Å²) < 4.78 is 99.7. The van der Waals surface area contributed by atoms with E-state index in [0.717, 1.165) is 77.0 Å². The summed E-state index contributed by atoms with van der Waals surface area (Å²) in [6.45, 7) is 11.0. The number of hydrogen-bond acceptors (Lipinski definition) is 16. The number of imidazole rings is 2. The molecule has 91 heavy (non-hydrogen) atoms. The predicted molar refractivity (Wildman–Crippen MR) is 316 cm³/mol. The number of carboxylic acids is 1. The molecule has 2 aliphatic heterocycles. The van der Waals surface area contributed by atoms with Crippen LogP contribution in [0.2, 0.25) is 0 Å². The first-order valence-electron chi connectivity index (χ1n) is 29.2. The molecule has 0 unspecified atom stereocenters. The van der Waals surface area contributed by atoms with E-state index in [1.54, 1.807) is 33.0 Å². The van der Waals surface area contributed by atoms with Crippen LogP contribution >= 0.6 is 11.6 Å². The molecule has 32 heteroatoms. The van der Waals surface area contributed by atoms with Crippen LogP contribution in [0.3, 0.4) is 0 Å². The van der Waals surface area contributed by atoms with Gasteiger partial charge in [0.15, 0.2) is 40.9 Å². The smallest absolute Gasteiger partial charge is 0.550 e. The minimum atomic E-state index is -4.49. The van der Waals surface area contributed by atoms with E-state index >= 15 is 0 Å². The van der Waals surface area contributed by atoms with Gasteiger partial charge in [-0.3, -0.25) is 46.6 Å². The van der Waals surface area contributed by atoms with Gasteiger partial charge >= 0.3 is 65.4 Å². The van der Waals surface area contributed by atoms with Crippen molar-refractivity contribution in [3.8, 4) is 22.8 Å². The van der Waals surface area contributed by atoms with Crippen LogP contribution in [0.4, 0.5) is 31.1 Å². The molecule has 8 heterocycles. The number of rotatable bonds is 17. The number of likely N-dealkylation sites (tertiary alicyclic amines) is 2. The van der Waals surface area contributed by atoms with Crippen molar-refractivity contribution >= 4 is 52.0 Å². The molecule has 8 aromatic rings. The topological polar surface area (TPSA) is 258 Å². The third-order valence-electron chi connectivity index (χ3n) is 15.4. The molecule has 0 radical (unpaired) electrons. The number of aromatic nitrogens is 12. The van der Waals surface area contributed by atoms with Crippen LogP contribution in [0.25, 0.3) is 45.1 Å². The van der Waals surface area contributed by atoms with Gasteiger partial charge in [-0.25, -0.2) is 28.9 Å². The van der Waals surface area contributed by atoms with E-state index in [1.165, 1.54) is 59.9 Å². The number of hydrogen-bond donors (Lipinski definition) is 0. The predicted octanol–water partition coefficient (Wildman–Crippen LogP) is 3.55. The van der Waals surface area contributed by atoms with E-state index in [1.807, 2.05) is 21.0 Å². The second kappa shape index (κ2) is 30.7. The van der Waals surface area contributed by atoms with E-state index in [4.69, 9.17) is 21.1 Å². The largest absolute Gasteiger partial charge is 1.00 e. The molecule has 24 nitrogen and oxygen atoms in total. The van der Waals surface area contributed by atoms with Gasteiger partial charge in [-0.15, -0.1) is 0 Å². The molecule has 2 saturated heterocycles. The van der Waals surface area contributed by atoms with Crippen molar-refractivity contribution in [1.29, 1.82) is 0 Å². The fraction of sp³-hybridized carbons (Fsp3) is 0.475. The fourth-order valence-electron chi connectivity index (χ4n) is 10.7. The molecular formula is C59H68ClF6N14NaO10. The van der Waals surface area contributed by atoms with Gasteiger partial charge in [0.25, 0.3) is 11.1 Å². The molecule has 2 fully saturated rings. The molecule has 0 bridgehead atoms. The molecule has 0 atom stereocenters. The Kier molecular flexibility index (Phi) is 23.9. The Morgan fingerprint density at radius 2 is 1.05 bits per heavy atom. The first-order chi connectivity index (χ1) is 42.8. The molecule has 0 spiro atoms. The minimum Gasteiger partial charge on any atom is -0.550 e. The standard InChI is InChI=1S/C29H34F3N7O4.C23H22ClF3N6O4.C7H13NO2.Na/c1-4-11-38-26(40)23-25(37(5-2)28(38)42)34-24(39(23)18-43-27(41)20-9-12-35(3)13-10-20)21-15-33-36(17-21)16-19-7-6-8-22(14-19)29(30,31)32;1-3-8-32-20(34)17-19(31(4-2)21(32)35)29-18(33(17)22(36)37-13-24)15-10-28-30(12-15)11-14-6-5-7-16(9-14)23(25,26)27;1-8-4-2-6(3-5-8)7(9)10;/h6-8,14-15,17,20H,4-5,9-13,16,18H2,1-3H3;5-7,9-10,12H,3-4,8,11,13H2,1-2H3;6H,2-5H2,1H3,(H,9,10);/q;;;+1/p-1. The number of aryl methyl sites for hydroxylation is 2. The Morgan fingerprint density at radius 1 is 0.615 bits per heavy atom. The number of piperidine rings is 2. The molecule has 2 aliphatic rings. The number of benzene rings is 2. The maximum Gasteiger partial charge on any atom is 1.00 e. The maximum absolute atomic E-state index is 13.6. The monoisotopic (exact) mass is 1300 g/mol. The first kappa shape index (κ1) is 70.8. The van der Waals surface area contributed by atoms with Gasteiger partial charge in [0.2, 0.25) is 0 Å². The Labute approximate surface area is 543 Å². The van der Waals surface area contributed by atoms with Crippen LogP contribution in [0.15, 0.2) is 92.5 Å².